The van der Waals surface area contributed by atoms with Gasteiger partial charge in [-0.3, -0.25) is 4.79 Å². The van der Waals surface area contributed by atoms with Crippen LogP contribution in [0.25, 0.3) is 0 Å². The molecule has 1 N–H and O–H groups in total. The number of ether oxygens (including phenoxy) is 1. The Labute approximate surface area is 144 Å². The minimum atomic E-state index is -0.505. The number of rotatable bonds is 6. The lowest BCUT2D eigenvalue weighted by molar-refractivity contribution is -0.130. The Morgan fingerprint density at radius 3 is 2.59 bits per heavy atom. The second-order valence-corrected chi connectivity index (χ2v) is 8.54. The Bertz CT molecular complexity index is 511. The van der Waals surface area contributed by atoms with E-state index in [-0.39, 0.29) is 5.91 Å². The van der Waals surface area contributed by atoms with Crippen molar-refractivity contribution in [2.24, 2.45) is 0 Å². The number of hydrogen-bond acceptors (Lipinski definition) is 4. The summed E-state index contributed by atoms with van der Waals surface area (Å²) < 4.78 is 6.19. The fraction of sp³-hybridized carbons (Fsp3) is 0.600. The highest BCUT2D eigenvalue weighted by Gasteiger charge is 2.16. The molecule has 1 aromatic rings. The molecule has 0 radical (unpaired) electrons. The van der Waals surface area contributed by atoms with E-state index in [1.165, 1.54) is 0 Å². The topological polar surface area (TPSA) is 58.6 Å². The zero-order valence-electron chi connectivity index (χ0n) is 13.4. The number of nitrogens with zero attached hydrogens (tertiary/aromatic N) is 1. The van der Waals surface area contributed by atoms with E-state index in [9.17, 15) is 9.59 Å². The smallest absolute Gasteiger partial charge is 0.407 e. The van der Waals surface area contributed by atoms with E-state index in [1.54, 1.807) is 23.3 Å². The lowest BCUT2D eigenvalue weighted by Gasteiger charge is -2.20. The first-order chi connectivity index (χ1) is 10.2. The van der Waals surface area contributed by atoms with Crippen LogP contribution in [0, 0.1) is 0 Å². The average molecular weight is 391 g/mol. The van der Waals surface area contributed by atoms with Crippen LogP contribution in [0.3, 0.4) is 0 Å². The van der Waals surface area contributed by atoms with Gasteiger partial charge >= 0.3 is 6.09 Å². The zero-order valence-corrected chi connectivity index (χ0v) is 15.8. The molecule has 0 bridgehead atoms. The number of carbonyl (C=O) groups is 2. The van der Waals surface area contributed by atoms with Gasteiger partial charge in [0.25, 0.3) is 0 Å². The predicted molar refractivity (Wildman–Crippen MR) is 92.0 cm³/mol. The molecule has 2 amide bonds. The van der Waals surface area contributed by atoms with Crippen molar-refractivity contribution in [1.82, 2.24) is 10.2 Å². The first-order valence-corrected chi connectivity index (χ1v) is 8.73. The summed E-state index contributed by atoms with van der Waals surface area (Å²) in [5.41, 5.74) is -0.505. The van der Waals surface area contributed by atoms with Gasteiger partial charge in [-0.05, 0) is 55.3 Å². The fourth-order valence-corrected chi connectivity index (χ4v) is 3.23. The van der Waals surface area contributed by atoms with Gasteiger partial charge in [-0.15, -0.1) is 11.3 Å². The minimum Gasteiger partial charge on any atom is -0.444 e. The third-order valence-corrected chi connectivity index (χ3v) is 4.29. The molecule has 0 saturated heterocycles. The number of nitrogens with one attached hydrogen (secondary N) is 1. The summed E-state index contributed by atoms with van der Waals surface area (Å²) in [5, 5.41) is 2.65. The molecule has 7 heteroatoms. The Hall–Kier alpha value is -1.08. The Morgan fingerprint density at radius 1 is 1.36 bits per heavy atom. The van der Waals surface area contributed by atoms with Gasteiger partial charge in [0.15, 0.2) is 0 Å². The van der Waals surface area contributed by atoms with E-state index in [0.29, 0.717) is 25.9 Å². The maximum absolute atomic E-state index is 12.0. The normalized spacial score (nSPS) is 11.1. The van der Waals surface area contributed by atoms with Crippen LogP contribution in [-0.4, -0.2) is 36.1 Å². The van der Waals surface area contributed by atoms with Crippen molar-refractivity contribution in [3.8, 4) is 0 Å². The van der Waals surface area contributed by atoms with Crippen LogP contribution in [0.1, 0.15) is 38.5 Å². The predicted octanol–water partition coefficient (Wildman–Crippen LogP) is 3.77. The van der Waals surface area contributed by atoms with Crippen LogP contribution >= 0.6 is 27.3 Å². The van der Waals surface area contributed by atoms with Crippen molar-refractivity contribution < 1.29 is 14.3 Å². The van der Waals surface area contributed by atoms with Crippen molar-refractivity contribution in [2.75, 3.05) is 13.6 Å². The van der Waals surface area contributed by atoms with Crippen molar-refractivity contribution in [2.45, 2.75) is 45.8 Å². The van der Waals surface area contributed by atoms with Crippen LogP contribution in [0.15, 0.2) is 15.9 Å². The van der Waals surface area contributed by atoms with Gasteiger partial charge in [0.2, 0.25) is 5.91 Å². The summed E-state index contributed by atoms with van der Waals surface area (Å²) in [6.07, 6.45) is 0.548. The Balaban J connectivity index is 2.21. The largest absolute Gasteiger partial charge is 0.444 e. The average Bonchev–Trinajstić information content (AvgIpc) is 2.77. The lowest BCUT2D eigenvalue weighted by atomic mass is 10.2. The molecule has 1 rings (SSSR count). The van der Waals surface area contributed by atoms with Crippen LogP contribution < -0.4 is 5.32 Å². The van der Waals surface area contributed by atoms with Crippen LogP contribution in [0.2, 0.25) is 0 Å². The summed E-state index contributed by atoms with van der Waals surface area (Å²) in [6, 6.07) is 3.98. The zero-order chi connectivity index (χ0) is 16.8. The molecule has 0 saturated carbocycles. The van der Waals surface area contributed by atoms with Gasteiger partial charge in [0, 0.05) is 24.9 Å². The molecular weight excluding hydrogens is 368 g/mol. The number of alkyl carbamates (subject to hydrolysis) is 1. The van der Waals surface area contributed by atoms with Crippen LogP contribution in [0.5, 0.6) is 0 Å². The van der Waals surface area contributed by atoms with E-state index >= 15 is 0 Å². The van der Waals surface area contributed by atoms with Gasteiger partial charge < -0.3 is 15.0 Å². The quantitative estimate of drug-likeness (QED) is 0.751. The monoisotopic (exact) mass is 390 g/mol. The highest BCUT2D eigenvalue weighted by molar-refractivity contribution is 9.11. The molecule has 0 aliphatic heterocycles. The second-order valence-electron chi connectivity index (χ2n) is 5.99. The molecule has 0 unspecified atom stereocenters. The van der Waals surface area contributed by atoms with Crippen molar-refractivity contribution in [1.29, 1.82) is 0 Å². The molecule has 22 heavy (non-hydrogen) atoms. The van der Waals surface area contributed by atoms with Gasteiger partial charge in [0.05, 0.1) is 10.3 Å². The maximum atomic E-state index is 12.0. The molecule has 0 aromatic carbocycles. The summed E-state index contributed by atoms with van der Waals surface area (Å²) in [7, 11) is 1.79. The van der Waals surface area contributed by atoms with E-state index in [0.717, 1.165) is 8.66 Å². The highest BCUT2D eigenvalue weighted by atomic mass is 79.9. The first-order valence-electron chi connectivity index (χ1n) is 7.12. The highest BCUT2D eigenvalue weighted by Crippen LogP contribution is 2.23. The third kappa shape index (κ3) is 7.79. The number of thiophene rings is 1. The Kier molecular flexibility index (Phi) is 7.35. The van der Waals surface area contributed by atoms with Crippen molar-refractivity contribution in [3.63, 3.8) is 0 Å². The molecule has 0 aliphatic rings. The van der Waals surface area contributed by atoms with Gasteiger partial charge in [-0.2, -0.15) is 0 Å². The van der Waals surface area contributed by atoms with E-state index in [4.69, 9.17) is 4.74 Å². The lowest BCUT2D eigenvalue weighted by Crippen LogP contribution is -2.33. The molecule has 5 nitrogen and oxygen atoms in total. The summed E-state index contributed by atoms with van der Waals surface area (Å²) in [4.78, 5) is 26.3. The van der Waals surface area contributed by atoms with Crippen molar-refractivity contribution >= 4 is 39.3 Å². The number of hydrogen-bond donors (Lipinski definition) is 1. The first kappa shape index (κ1) is 19.0. The molecule has 0 aliphatic carbocycles. The summed E-state index contributed by atoms with van der Waals surface area (Å²) in [6.45, 7) is 6.48. The van der Waals surface area contributed by atoms with Crippen molar-refractivity contribution in [3.05, 3.63) is 20.8 Å². The summed E-state index contributed by atoms with van der Waals surface area (Å²) >= 11 is 5.03. The molecule has 124 valence electrons. The second kappa shape index (κ2) is 8.53. The Morgan fingerprint density at radius 2 is 2.05 bits per heavy atom. The summed E-state index contributed by atoms with van der Waals surface area (Å²) in [5.74, 6) is 0.0653. The number of amides is 2. The van der Waals surface area contributed by atoms with E-state index in [2.05, 4.69) is 21.2 Å². The van der Waals surface area contributed by atoms with E-state index < -0.39 is 11.7 Å². The SMILES string of the molecule is CN(Cc1ccc(Br)s1)C(=O)CCCNC(=O)OC(C)(C)C. The molecule has 1 aromatic heterocycles. The minimum absolute atomic E-state index is 0.0653. The van der Waals surface area contributed by atoms with Crippen LogP contribution in [-0.2, 0) is 16.1 Å². The van der Waals surface area contributed by atoms with Crippen LogP contribution in [0.4, 0.5) is 4.79 Å². The van der Waals surface area contributed by atoms with Gasteiger partial charge in [0.1, 0.15) is 5.60 Å². The maximum Gasteiger partial charge on any atom is 0.407 e. The molecule has 1 heterocycles. The third-order valence-electron chi connectivity index (χ3n) is 2.68. The number of halogens is 1. The van der Waals surface area contributed by atoms with E-state index in [1.807, 2.05) is 32.9 Å². The molecule has 0 atom stereocenters. The number of carbonyl (C=O) groups excluding carboxylic acids is 2. The van der Waals surface area contributed by atoms with Gasteiger partial charge in [-0.1, -0.05) is 0 Å². The molecular formula is C15H23BrN2O3S. The molecule has 0 spiro atoms. The fourth-order valence-electron chi connectivity index (χ4n) is 1.69. The standard InChI is InChI=1S/C15H23BrN2O3S/c1-15(2,3)21-14(20)17-9-5-6-13(19)18(4)10-11-7-8-12(16)22-11/h7-8H,5-6,9-10H2,1-4H3,(H,17,20). The molecule has 0 fully saturated rings. The van der Waals surface area contributed by atoms with Gasteiger partial charge in [-0.25, -0.2) is 4.79 Å².